The van der Waals surface area contributed by atoms with Crippen LogP contribution in [0.4, 0.5) is 0 Å². The zero-order chi connectivity index (χ0) is 13.8. The van der Waals surface area contributed by atoms with Gasteiger partial charge in [0, 0.05) is 31.6 Å². The molecule has 1 atom stereocenters. The topological polar surface area (TPSA) is 107 Å². The molecule has 1 aromatic heterocycles. The first kappa shape index (κ1) is 14.7. The molecule has 0 fully saturated rings. The first-order chi connectivity index (χ1) is 8.28. The number of hydrogen-bond donors (Lipinski definition) is 2. The molecular weight excluding hydrogens is 256 g/mol. The zero-order valence-corrected chi connectivity index (χ0v) is 11.3. The predicted octanol–water partition coefficient (Wildman–Crippen LogP) is -1.20. The van der Waals surface area contributed by atoms with E-state index in [1.165, 1.54) is 0 Å². The third-order valence-electron chi connectivity index (χ3n) is 2.36. The summed E-state index contributed by atoms with van der Waals surface area (Å²) in [5.41, 5.74) is 6.46. The highest BCUT2D eigenvalue weighted by Crippen LogP contribution is 1.97. The molecule has 0 saturated carbocycles. The van der Waals surface area contributed by atoms with Gasteiger partial charge in [-0.25, -0.2) is 8.42 Å². The summed E-state index contributed by atoms with van der Waals surface area (Å²) in [7, 11) is -1.31. The van der Waals surface area contributed by atoms with Crippen LogP contribution in [0.2, 0.25) is 0 Å². The Bertz CT molecular complexity index is 509. The van der Waals surface area contributed by atoms with E-state index < -0.39 is 15.9 Å². The second-order valence-electron chi connectivity index (χ2n) is 4.27. The highest BCUT2D eigenvalue weighted by Gasteiger charge is 2.15. The van der Waals surface area contributed by atoms with Crippen LogP contribution in [0.15, 0.2) is 12.4 Å². The van der Waals surface area contributed by atoms with Crippen LogP contribution >= 0.6 is 0 Å². The number of amides is 1. The Labute approximate surface area is 106 Å². The van der Waals surface area contributed by atoms with Crippen molar-refractivity contribution in [1.29, 1.82) is 0 Å². The molecule has 18 heavy (non-hydrogen) atoms. The molecule has 1 aromatic rings. The molecule has 0 aliphatic carbocycles. The number of sulfone groups is 1. The Balaban J connectivity index is 2.36. The second kappa shape index (κ2) is 5.96. The van der Waals surface area contributed by atoms with Gasteiger partial charge in [0.15, 0.2) is 0 Å². The van der Waals surface area contributed by atoms with Crippen molar-refractivity contribution in [3.05, 3.63) is 18.0 Å². The van der Waals surface area contributed by atoms with Gasteiger partial charge in [-0.15, -0.1) is 0 Å². The van der Waals surface area contributed by atoms with Gasteiger partial charge in [-0.05, 0) is 6.42 Å². The molecular formula is C10H18N4O3S. The van der Waals surface area contributed by atoms with Gasteiger partial charge in [-0.3, -0.25) is 9.48 Å². The molecule has 8 heteroatoms. The first-order valence-electron chi connectivity index (χ1n) is 5.46. The fourth-order valence-corrected chi connectivity index (χ4v) is 2.04. The molecule has 1 unspecified atom stereocenters. The molecule has 3 N–H and O–H groups in total. The highest BCUT2D eigenvalue weighted by molar-refractivity contribution is 7.90. The average Bonchev–Trinajstić information content (AvgIpc) is 2.67. The highest BCUT2D eigenvalue weighted by atomic mass is 32.2. The number of rotatable bonds is 6. The number of aryl methyl sites for hydroxylation is 1. The minimum Gasteiger partial charge on any atom is -0.351 e. The second-order valence-corrected chi connectivity index (χ2v) is 6.52. The van der Waals surface area contributed by atoms with Gasteiger partial charge in [0.05, 0.1) is 18.0 Å². The fraction of sp³-hybridized carbons (Fsp3) is 0.600. The Morgan fingerprint density at radius 2 is 2.28 bits per heavy atom. The average molecular weight is 274 g/mol. The van der Waals surface area contributed by atoms with E-state index >= 15 is 0 Å². The van der Waals surface area contributed by atoms with Gasteiger partial charge in [0.1, 0.15) is 9.84 Å². The van der Waals surface area contributed by atoms with Crippen molar-refractivity contribution < 1.29 is 13.2 Å². The Morgan fingerprint density at radius 1 is 1.61 bits per heavy atom. The molecule has 0 aromatic carbocycles. The van der Waals surface area contributed by atoms with Crippen LogP contribution in [0.25, 0.3) is 0 Å². The van der Waals surface area contributed by atoms with Crippen molar-refractivity contribution in [2.45, 2.75) is 19.0 Å². The number of nitrogens with zero attached hydrogens (tertiary/aromatic N) is 2. The largest absolute Gasteiger partial charge is 0.351 e. The number of nitrogens with two attached hydrogens (primary N) is 1. The molecule has 7 nitrogen and oxygen atoms in total. The van der Waals surface area contributed by atoms with Gasteiger partial charge in [-0.2, -0.15) is 5.10 Å². The fourth-order valence-electron chi connectivity index (χ4n) is 1.36. The third kappa shape index (κ3) is 5.28. The molecule has 1 rings (SSSR count). The van der Waals surface area contributed by atoms with Crippen LogP contribution in [-0.2, 0) is 28.2 Å². The lowest BCUT2D eigenvalue weighted by molar-refractivity contribution is -0.122. The lowest BCUT2D eigenvalue weighted by Crippen LogP contribution is -2.41. The van der Waals surface area contributed by atoms with Crippen LogP contribution in [0.1, 0.15) is 12.0 Å². The minimum atomic E-state index is -3.09. The Morgan fingerprint density at radius 3 is 2.78 bits per heavy atom. The molecule has 0 radical (unpaired) electrons. The van der Waals surface area contributed by atoms with Gasteiger partial charge in [-0.1, -0.05) is 0 Å². The summed E-state index contributed by atoms with van der Waals surface area (Å²) < 4.78 is 23.5. The smallest absolute Gasteiger partial charge is 0.237 e. The molecule has 102 valence electrons. The Hall–Kier alpha value is -1.41. The summed E-state index contributed by atoms with van der Waals surface area (Å²) in [5, 5.41) is 6.60. The monoisotopic (exact) mass is 274 g/mol. The van der Waals surface area contributed by atoms with Crippen LogP contribution < -0.4 is 11.1 Å². The van der Waals surface area contributed by atoms with E-state index in [4.69, 9.17) is 5.73 Å². The summed E-state index contributed by atoms with van der Waals surface area (Å²) in [6.07, 6.45) is 4.66. The lowest BCUT2D eigenvalue weighted by atomic mass is 10.2. The van der Waals surface area contributed by atoms with E-state index in [2.05, 4.69) is 10.4 Å². The van der Waals surface area contributed by atoms with Crippen LogP contribution in [0, 0.1) is 0 Å². The quantitative estimate of drug-likeness (QED) is 0.677. The maximum atomic E-state index is 11.6. The van der Waals surface area contributed by atoms with Crippen LogP contribution in [-0.4, -0.2) is 42.2 Å². The maximum absolute atomic E-state index is 11.6. The summed E-state index contributed by atoms with van der Waals surface area (Å²) >= 11 is 0. The van der Waals surface area contributed by atoms with E-state index in [1.807, 2.05) is 0 Å². The number of carbonyl (C=O) groups is 1. The predicted molar refractivity (Wildman–Crippen MR) is 67.4 cm³/mol. The first-order valence-corrected chi connectivity index (χ1v) is 7.52. The van der Waals surface area contributed by atoms with Crippen molar-refractivity contribution in [1.82, 2.24) is 15.1 Å². The SMILES string of the molecule is Cn1cc(CNC(=O)C(N)CCS(C)(=O)=O)cn1. The van der Waals surface area contributed by atoms with E-state index in [9.17, 15) is 13.2 Å². The van der Waals surface area contributed by atoms with Crippen LogP contribution in [0.3, 0.4) is 0 Å². The summed E-state index contributed by atoms with van der Waals surface area (Å²) in [6.45, 7) is 0.333. The summed E-state index contributed by atoms with van der Waals surface area (Å²) in [4.78, 5) is 11.6. The van der Waals surface area contributed by atoms with Crippen molar-refractivity contribution >= 4 is 15.7 Å². The molecule has 0 saturated heterocycles. The summed E-state index contributed by atoms with van der Waals surface area (Å²) in [5.74, 6) is -0.448. The summed E-state index contributed by atoms with van der Waals surface area (Å²) in [6, 6.07) is -0.809. The van der Waals surface area contributed by atoms with E-state index in [0.717, 1.165) is 11.8 Å². The van der Waals surface area contributed by atoms with Gasteiger partial charge in [0.25, 0.3) is 0 Å². The normalized spacial score (nSPS) is 13.3. The molecule has 1 amide bonds. The van der Waals surface area contributed by atoms with E-state index in [1.54, 1.807) is 24.1 Å². The maximum Gasteiger partial charge on any atom is 0.237 e. The number of carbonyl (C=O) groups excluding carboxylic acids is 1. The molecule has 0 spiro atoms. The van der Waals surface area contributed by atoms with Crippen molar-refractivity contribution in [2.75, 3.05) is 12.0 Å². The molecule has 0 bridgehead atoms. The van der Waals surface area contributed by atoms with Gasteiger partial charge < -0.3 is 11.1 Å². The van der Waals surface area contributed by atoms with Crippen molar-refractivity contribution in [3.63, 3.8) is 0 Å². The van der Waals surface area contributed by atoms with Crippen LogP contribution in [0.5, 0.6) is 0 Å². The zero-order valence-electron chi connectivity index (χ0n) is 10.5. The van der Waals surface area contributed by atoms with Crippen molar-refractivity contribution in [3.8, 4) is 0 Å². The van der Waals surface area contributed by atoms with E-state index in [-0.39, 0.29) is 18.1 Å². The van der Waals surface area contributed by atoms with Gasteiger partial charge >= 0.3 is 0 Å². The van der Waals surface area contributed by atoms with Crippen molar-refractivity contribution in [2.24, 2.45) is 12.8 Å². The Kier molecular flexibility index (Phi) is 4.85. The number of nitrogens with one attached hydrogen (secondary N) is 1. The van der Waals surface area contributed by atoms with Gasteiger partial charge in [0.2, 0.25) is 5.91 Å². The molecule has 0 aliphatic heterocycles. The lowest BCUT2D eigenvalue weighted by Gasteiger charge is -2.10. The molecule has 0 aliphatic rings. The third-order valence-corrected chi connectivity index (χ3v) is 3.34. The van der Waals surface area contributed by atoms with E-state index in [0.29, 0.717) is 6.54 Å². The number of hydrogen-bond acceptors (Lipinski definition) is 5. The number of aromatic nitrogens is 2. The minimum absolute atomic E-state index is 0.0888. The standard InChI is InChI=1S/C10H18N4O3S/c1-14-7-8(6-13-14)5-12-10(15)9(11)3-4-18(2,16)17/h6-7,9H,3-5,11H2,1-2H3,(H,12,15). The molecule has 1 heterocycles.